The van der Waals surface area contributed by atoms with Crippen LogP contribution in [0.15, 0.2) is 21.4 Å². The van der Waals surface area contributed by atoms with Crippen LogP contribution < -0.4 is 16.6 Å². The highest BCUT2D eigenvalue weighted by Gasteiger charge is 2.26. The summed E-state index contributed by atoms with van der Waals surface area (Å²) in [6, 6.07) is 1.59. The number of fused-ring (bicyclic) bond motifs is 3. The molecule has 0 saturated carbocycles. The second-order valence-corrected chi connectivity index (χ2v) is 11.3. The zero-order chi connectivity index (χ0) is 22.3. The minimum atomic E-state index is -0.583. The molecule has 0 aliphatic heterocycles. The molecular formula is C21H24N4O3S3. The van der Waals surface area contributed by atoms with Crippen molar-refractivity contribution in [2.45, 2.75) is 57.0 Å². The zero-order valence-corrected chi connectivity index (χ0v) is 20.0. The Labute approximate surface area is 192 Å². The van der Waals surface area contributed by atoms with Crippen molar-refractivity contribution in [2.75, 3.05) is 5.32 Å². The number of nitrogens with zero attached hydrogens (tertiary/aromatic N) is 2. The number of rotatable bonds is 7. The Kier molecular flexibility index (Phi) is 6.23. The smallest absolute Gasteiger partial charge is 0.263 e. The summed E-state index contributed by atoms with van der Waals surface area (Å²) in [6.45, 7) is 6.42. The molecule has 10 heteroatoms. The Balaban J connectivity index is 1.65. The van der Waals surface area contributed by atoms with E-state index in [9.17, 15) is 14.4 Å². The summed E-state index contributed by atoms with van der Waals surface area (Å²) in [6.07, 6.45) is 3.02. The fourth-order valence-electron chi connectivity index (χ4n) is 3.70. The standard InChI is InChI=1S/C21H24N4O3S3/c1-10(2)9-25-20(28)15-12-5-4-6-14(12)31-19(15)24-21(25)30-11(3)17(27)23-18-13(16(22)26)7-8-29-18/h7-8,10-11H,4-6,9H2,1-3H3,(H2,22,26)(H,23,27). The van der Waals surface area contributed by atoms with Crippen molar-refractivity contribution < 1.29 is 9.59 Å². The Morgan fingerprint density at radius 1 is 1.32 bits per heavy atom. The van der Waals surface area contributed by atoms with Crippen LogP contribution in [-0.4, -0.2) is 26.6 Å². The summed E-state index contributed by atoms with van der Waals surface area (Å²) in [5.41, 5.74) is 6.81. The lowest BCUT2D eigenvalue weighted by molar-refractivity contribution is -0.115. The van der Waals surface area contributed by atoms with Crippen molar-refractivity contribution in [1.29, 1.82) is 0 Å². The van der Waals surface area contributed by atoms with E-state index < -0.39 is 11.2 Å². The van der Waals surface area contributed by atoms with Gasteiger partial charge in [0.05, 0.1) is 16.2 Å². The lowest BCUT2D eigenvalue weighted by atomic mass is 10.2. The summed E-state index contributed by atoms with van der Waals surface area (Å²) in [5, 5.41) is 5.71. The predicted octanol–water partition coefficient (Wildman–Crippen LogP) is 3.88. The first-order chi connectivity index (χ1) is 14.8. The number of anilines is 1. The van der Waals surface area contributed by atoms with Gasteiger partial charge in [0.1, 0.15) is 9.83 Å². The third kappa shape index (κ3) is 4.28. The molecule has 1 aliphatic carbocycles. The van der Waals surface area contributed by atoms with Gasteiger partial charge in [0.15, 0.2) is 5.16 Å². The fourth-order valence-corrected chi connectivity index (χ4v) is 6.72. The average molecular weight is 477 g/mol. The van der Waals surface area contributed by atoms with Gasteiger partial charge < -0.3 is 11.1 Å². The minimum Gasteiger partial charge on any atom is -0.366 e. The van der Waals surface area contributed by atoms with Gasteiger partial charge in [-0.3, -0.25) is 19.0 Å². The first kappa shape index (κ1) is 22.0. The molecule has 3 aromatic heterocycles. The molecule has 164 valence electrons. The van der Waals surface area contributed by atoms with E-state index in [2.05, 4.69) is 19.2 Å². The molecule has 0 aromatic carbocycles. The van der Waals surface area contributed by atoms with E-state index in [-0.39, 0.29) is 17.4 Å². The third-order valence-corrected chi connectivity index (χ3v) is 8.26. The van der Waals surface area contributed by atoms with E-state index in [0.717, 1.165) is 35.0 Å². The number of thioether (sulfide) groups is 1. The first-order valence-corrected chi connectivity index (χ1v) is 12.7. The van der Waals surface area contributed by atoms with Crippen LogP contribution in [0, 0.1) is 5.92 Å². The molecule has 4 rings (SSSR count). The fraction of sp³-hybridized carbons (Fsp3) is 0.429. The van der Waals surface area contributed by atoms with Crippen LogP contribution in [0.2, 0.25) is 0 Å². The van der Waals surface area contributed by atoms with E-state index in [4.69, 9.17) is 10.7 Å². The number of thiophene rings is 2. The zero-order valence-electron chi connectivity index (χ0n) is 17.6. The van der Waals surface area contributed by atoms with Gasteiger partial charge in [0.2, 0.25) is 5.91 Å². The number of amides is 2. The molecule has 3 heterocycles. The molecule has 7 nitrogen and oxygen atoms in total. The molecule has 1 aliphatic rings. The summed E-state index contributed by atoms with van der Waals surface area (Å²) in [7, 11) is 0. The SMILES string of the molecule is CC(C)Cn1c(SC(C)C(=O)Nc2sccc2C(N)=O)nc2sc3c(c2c1=O)CCC3. The monoisotopic (exact) mass is 476 g/mol. The van der Waals surface area contributed by atoms with Gasteiger partial charge in [0, 0.05) is 11.4 Å². The Bertz CT molecular complexity index is 1220. The molecule has 0 spiro atoms. The highest BCUT2D eigenvalue weighted by molar-refractivity contribution is 8.00. The number of aromatic nitrogens is 2. The predicted molar refractivity (Wildman–Crippen MR) is 128 cm³/mol. The summed E-state index contributed by atoms with van der Waals surface area (Å²) >= 11 is 4.11. The van der Waals surface area contributed by atoms with Crippen LogP contribution >= 0.6 is 34.4 Å². The van der Waals surface area contributed by atoms with E-state index in [1.54, 1.807) is 34.3 Å². The van der Waals surface area contributed by atoms with E-state index >= 15 is 0 Å². The molecule has 0 fully saturated rings. The van der Waals surface area contributed by atoms with Gasteiger partial charge in [-0.2, -0.15) is 0 Å². The molecule has 3 N–H and O–H groups in total. The van der Waals surface area contributed by atoms with Crippen LogP contribution in [-0.2, 0) is 24.2 Å². The summed E-state index contributed by atoms with van der Waals surface area (Å²) < 4.78 is 1.72. The maximum absolute atomic E-state index is 13.4. The van der Waals surface area contributed by atoms with Gasteiger partial charge in [-0.1, -0.05) is 25.6 Å². The normalized spacial score (nSPS) is 14.2. The maximum atomic E-state index is 13.4. The lowest BCUT2D eigenvalue weighted by Gasteiger charge is -2.17. The Morgan fingerprint density at radius 3 is 2.81 bits per heavy atom. The van der Waals surface area contributed by atoms with Crippen molar-refractivity contribution in [3.63, 3.8) is 0 Å². The molecule has 3 aromatic rings. The van der Waals surface area contributed by atoms with Crippen molar-refractivity contribution in [3.8, 4) is 0 Å². The Morgan fingerprint density at radius 2 is 2.10 bits per heavy atom. The number of hydrogen-bond donors (Lipinski definition) is 2. The minimum absolute atomic E-state index is 0.0116. The van der Waals surface area contributed by atoms with E-state index in [0.29, 0.717) is 22.3 Å². The van der Waals surface area contributed by atoms with Gasteiger partial charge in [-0.15, -0.1) is 22.7 Å². The molecule has 31 heavy (non-hydrogen) atoms. The van der Waals surface area contributed by atoms with Crippen molar-refractivity contribution in [3.05, 3.63) is 37.8 Å². The average Bonchev–Trinajstić information content (AvgIpc) is 3.40. The number of hydrogen-bond acceptors (Lipinski definition) is 7. The van der Waals surface area contributed by atoms with Crippen LogP contribution in [0.3, 0.4) is 0 Å². The van der Waals surface area contributed by atoms with Crippen LogP contribution in [0.1, 0.15) is 48.0 Å². The van der Waals surface area contributed by atoms with Crippen molar-refractivity contribution in [2.24, 2.45) is 11.7 Å². The molecule has 1 unspecified atom stereocenters. The highest BCUT2D eigenvalue weighted by atomic mass is 32.2. The van der Waals surface area contributed by atoms with Gasteiger partial charge in [-0.05, 0) is 49.1 Å². The number of nitrogens with one attached hydrogen (secondary N) is 1. The summed E-state index contributed by atoms with van der Waals surface area (Å²) in [5.74, 6) is -0.592. The number of primary amides is 1. The molecule has 0 radical (unpaired) electrons. The summed E-state index contributed by atoms with van der Waals surface area (Å²) in [4.78, 5) is 44.6. The van der Waals surface area contributed by atoms with Gasteiger partial charge >= 0.3 is 0 Å². The largest absolute Gasteiger partial charge is 0.366 e. The second-order valence-electron chi connectivity index (χ2n) is 8.02. The number of carbonyl (C=O) groups is 2. The second kappa shape index (κ2) is 8.76. The lowest BCUT2D eigenvalue weighted by Crippen LogP contribution is -2.28. The van der Waals surface area contributed by atoms with E-state index in [1.807, 2.05) is 0 Å². The number of carbonyl (C=O) groups excluding carboxylic acids is 2. The van der Waals surface area contributed by atoms with Crippen molar-refractivity contribution >= 4 is 61.5 Å². The highest BCUT2D eigenvalue weighted by Crippen LogP contribution is 2.36. The van der Waals surface area contributed by atoms with Crippen LogP contribution in [0.4, 0.5) is 5.00 Å². The van der Waals surface area contributed by atoms with Gasteiger partial charge in [0.25, 0.3) is 11.5 Å². The molecular weight excluding hydrogens is 452 g/mol. The Hall–Kier alpha value is -2.17. The van der Waals surface area contributed by atoms with Crippen LogP contribution in [0.5, 0.6) is 0 Å². The third-order valence-electron chi connectivity index (χ3n) is 5.16. The number of nitrogens with two attached hydrogens (primary N) is 1. The topological polar surface area (TPSA) is 107 Å². The first-order valence-electron chi connectivity index (χ1n) is 10.2. The molecule has 1 atom stereocenters. The van der Waals surface area contributed by atoms with Crippen LogP contribution in [0.25, 0.3) is 10.2 Å². The molecule has 0 bridgehead atoms. The van der Waals surface area contributed by atoms with E-state index in [1.165, 1.54) is 28.0 Å². The van der Waals surface area contributed by atoms with Gasteiger partial charge in [-0.25, -0.2) is 4.98 Å². The maximum Gasteiger partial charge on any atom is 0.263 e. The number of aryl methyl sites for hydroxylation is 2. The quantitative estimate of drug-likeness (QED) is 0.397. The van der Waals surface area contributed by atoms with Crippen molar-refractivity contribution in [1.82, 2.24) is 9.55 Å². The molecule has 0 saturated heterocycles. The molecule has 2 amide bonds.